The maximum atomic E-state index is 12.7. The molecule has 1 amide bonds. The molecule has 1 saturated heterocycles. The first-order chi connectivity index (χ1) is 16.7. The molecule has 4 nitrogen and oxygen atoms in total. The summed E-state index contributed by atoms with van der Waals surface area (Å²) in [4.78, 5) is 15.2. The second-order valence-electron chi connectivity index (χ2n) is 9.52. The van der Waals surface area contributed by atoms with Crippen molar-refractivity contribution < 1.29 is 4.79 Å². The molecule has 1 N–H and O–H groups in total. The van der Waals surface area contributed by atoms with E-state index < -0.39 is 0 Å². The van der Waals surface area contributed by atoms with E-state index in [0.29, 0.717) is 6.54 Å². The van der Waals surface area contributed by atoms with E-state index in [1.54, 1.807) is 0 Å². The molecule has 5 rings (SSSR count). The largest absolute Gasteiger partial charge is 0.352 e. The van der Waals surface area contributed by atoms with E-state index >= 15 is 0 Å². The van der Waals surface area contributed by atoms with E-state index in [2.05, 4.69) is 88.4 Å². The van der Waals surface area contributed by atoms with Crippen LogP contribution in [0.2, 0.25) is 0 Å². The normalized spacial score (nSPS) is 15.0. The minimum absolute atomic E-state index is 0.109. The lowest BCUT2D eigenvalue weighted by Gasteiger charge is -2.31. The molecule has 1 fully saturated rings. The van der Waals surface area contributed by atoms with Crippen molar-refractivity contribution in [2.45, 2.75) is 39.4 Å². The van der Waals surface area contributed by atoms with Crippen LogP contribution in [0.25, 0.3) is 10.9 Å². The molecule has 1 aliphatic heterocycles. The first-order valence-corrected chi connectivity index (χ1v) is 12.3. The SMILES string of the molecule is Cc1cccc(Cn2c(CN3CCC(C(=O)NCc4ccccc4)CC3)cc3ccccc32)c1. The third-order valence-electron chi connectivity index (χ3n) is 6.97. The van der Waals surface area contributed by atoms with Gasteiger partial charge in [-0.05, 0) is 61.5 Å². The van der Waals surface area contributed by atoms with Crippen molar-refractivity contribution in [3.63, 3.8) is 0 Å². The summed E-state index contributed by atoms with van der Waals surface area (Å²) >= 11 is 0. The Bertz CT molecular complexity index is 1250. The highest BCUT2D eigenvalue weighted by molar-refractivity contribution is 5.81. The molecule has 34 heavy (non-hydrogen) atoms. The number of fused-ring (bicyclic) bond motifs is 1. The number of amides is 1. The lowest BCUT2D eigenvalue weighted by Crippen LogP contribution is -2.40. The second kappa shape index (κ2) is 10.3. The Morgan fingerprint density at radius 1 is 0.853 bits per heavy atom. The zero-order valence-corrected chi connectivity index (χ0v) is 19.9. The molecule has 3 aromatic carbocycles. The molecule has 1 aliphatic rings. The van der Waals surface area contributed by atoms with Gasteiger partial charge in [0.2, 0.25) is 5.91 Å². The highest BCUT2D eigenvalue weighted by Gasteiger charge is 2.25. The number of nitrogens with one attached hydrogen (secondary N) is 1. The van der Waals surface area contributed by atoms with Gasteiger partial charge in [-0.1, -0.05) is 78.4 Å². The van der Waals surface area contributed by atoms with Crippen LogP contribution in [0.5, 0.6) is 0 Å². The number of aryl methyl sites for hydroxylation is 1. The average molecular weight is 452 g/mol. The summed E-state index contributed by atoms with van der Waals surface area (Å²) in [5.41, 5.74) is 6.40. The van der Waals surface area contributed by atoms with Gasteiger partial charge in [0.15, 0.2) is 0 Å². The average Bonchev–Trinajstić information content (AvgIpc) is 3.20. The smallest absolute Gasteiger partial charge is 0.223 e. The second-order valence-corrected chi connectivity index (χ2v) is 9.52. The lowest BCUT2D eigenvalue weighted by molar-refractivity contribution is -0.126. The molecule has 0 atom stereocenters. The molecule has 0 saturated carbocycles. The predicted molar refractivity (Wildman–Crippen MR) is 139 cm³/mol. The topological polar surface area (TPSA) is 37.3 Å². The van der Waals surface area contributed by atoms with E-state index in [-0.39, 0.29) is 11.8 Å². The monoisotopic (exact) mass is 451 g/mol. The highest BCUT2D eigenvalue weighted by Crippen LogP contribution is 2.25. The fourth-order valence-corrected chi connectivity index (χ4v) is 5.09. The van der Waals surface area contributed by atoms with Crippen molar-refractivity contribution in [2.75, 3.05) is 13.1 Å². The molecule has 0 spiro atoms. The molecular formula is C30H33N3O. The number of likely N-dealkylation sites (tertiary alicyclic amines) is 1. The van der Waals surface area contributed by atoms with Crippen LogP contribution in [0.1, 0.15) is 35.2 Å². The summed E-state index contributed by atoms with van der Waals surface area (Å²) in [7, 11) is 0. The van der Waals surface area contributed by atoms with Crippen LogP contribution < -0.4 is 5.32 Å². The maximum Gasteiger partial charge on any atom is 0.223 e. The fourth-order valence-electron chi connectivity index (χ4n) is 5.09. The van der Waals surface area contributed by atoms with Crippen molar-refractivity contribution in [3.8, 4) is 0 Å². The van der Waals surface area contributed by atoms with E-state index in [1.165, 1.54) is 27.7 Å². The number of carbonyl (C=O) groups is 1. The highest BCUT2D eigenvalue weighted by atomic mass is 16.1. The van der Waals surface area contributed by atoms with Crippen molar-refractivity contribution in [1.29, 1.82) is 0 Å². The molecule has 0 bridgehead atoms. The van der Waals surface area contributed by atoms with Gasteiger partial charge in [-0.2, -0.15) is 0 Å². The molecule has 0 aliphatic carbocycles. The van der Waals surface area contributed by atoms with Crippen LogP contribution in [0.4, 0.5) is 0 Å². The molecular weight excluding hydrogens is 418 g/mol. The molecule has 174 valence electrons. The molecule has 2 heterocycles. The number of hydrogen-bond donors (Lipinski definition) is 1. The molecule has 1 aromatic heterocycles. The third kappa shape index (κ3) is 5.23. The van der Waals surface area contributed by atoms with E-state index in [9.17, 15) is 4.79 Å². The first kappa shape index (κ1) is 22.4. The van der Waals surface area contributed by atoms with Crippen molar-refractivity contribution in [3.05, 3.63) is 107 Å². The molecule has 0 radical (unpaired) electrons. The van der Waals surface area contributed by atoms with Gasteiger partial charge in [-0.3, -0.25) is 9.69 Å². The number of para-hydroxylation sites is 1. The lowest BCUT2D eigenvalue weighted by atomic mass is 9.95. The van der Waals surface area contributed by atoms with Crippen molar-refractivity contribution in [2.24, 2.45) is 5.92 Å². The van der Waals surface area contributed by atoms with Crippen LogP contribution in [-0.2, 0) is 24.4 Å². The van der Waals surface area contributed by atoms with Gasteiger partial charge in [-0.25, -0.2) is 0 Å². The summed E-state index contributed by atoms with van der Waals surface area (Å²) in [5.74, 6) is 0.301. The van der Waals surface area contributed by atoms with Crippen LogP contribution in [0, 0.1) is 12.8 Å². The third-order valence-corrected chi connectivity index (χ3v) is 6.97. The Morgan fingerprint density at radius 3 is 2.38 bits per heavy atom. The number of piperidine rings is 1. The van der Waals surface area contributed by atoms with Crippen LogP contribution in [0.3, 0.4) is 0 Å². The van der Waals surface area contributed by atoms with Gasteiger partial charge in [0.25, 0.3) is 0 Å². The number of nitrogens with zero attached hydrogens (tertiary/aromatic N) is 2. The minimum atomic E-state index is 0.109. The minimum Gasteiger partial charge on any atom is -0.352 e. The summed E-state index contributed by atoms with van der Waals surface area (Å²) < 4.78 is 2.46. The quantitative estimate of drug-likeness (QED) is 0.401. The fraction of sp³-hybridized carbons (Fsp3) is 0.300. The molecule has 0 unspecified atom stereocenters. The Morgan fingerprint density at radius 2 is 1.59 bits per heavy atom. The van der Waals surface area contributed by atoms with Crippen molar-refractivity contribution in [1.82, 2.24) is 14.8 Å². The molecule has 4 heteroatoms. The van der Waals surface area contributed by atoms with E-state index in [4.69, 9.17) is 0 Å². The summed E-state index contributed by atoms with van der Waals surface area (Å²) in [6, 6.07) is 29.9. The summed E-state index contributed by atoms with van der Waals surface area (Å²) in [6.07, 6.45) is 1.83. The molecule has 4 aromatic rings. The first-order valence-electron chi connectivity index (χ1n) is 12.3. The Labute approximate surface area is 202 Å². The number of carbonyl (C=O) groups excluding carboxylic acids is 1. The number of rotatable bonds is 7. The van der Waals surface area contributed by atoms with Gasteiger partial charge in [0.05, 0.1) is 0 Å². The zero-order chi connectivity index (χ0) is 23.3. The van der Waals surface area contributed by atoms with Gasteiger partial charge in [-0.15, -0.1) is 0 Å². The van der Waals surface area contributed by atoms with Gasteiger partial charge < -0.3 is 9.88 Å². The maximum absolute atomic E-state index is 12.7. The van der Waals surface area contributed by atoms with Crippen LogP contribution >= 0.6 is 0 Å². The van der Waals surface area contributed by atoms with Crippen LogP contribution in [0.15, 0.2) is 84.9 Å². The van der Waals surface area contributed by atoms with Gasteiger partial charge in [0, 0.05) is 36.8 Å². The van der Waals surface area contributed by atoms with E-state index in [0.717, 1.165) is 44.6 Å². The van der Waals surface area contributed by atoms with Gasteiger partial charge >= 0.3 is 0 Å². The number of aromatic nitrogens is 1. The van der Waals surface area contributed by atoms with Gasteiger partial charge in [0.1, 0.15) is 0 Å². The number of benzene rings is 3. The van der Waals surface area contributed by atoms with Crippen LogP contribution in [-0.4, -0.2) is 28.5 Å². The Kier molecular flexibility index (Phi) is 6.77. The van der Waals surface area contributed by atoms with E-state index in [1.807, 2.05) is 18.2 Å². The Hall–Kier alpha value is -3.37. The summed E-state index contributed by atoms with van der Waals surface area (Å²) in [6.45, 7) is 6.46. The standard InChI is InChI=1S/C30H33N3O/c1-23-8-7-11-25(18-23)21-33-28(19-27-12-5-6-13-29(27)33)22-32-16-14-26(15-17-32)30(34)31-20-24-9-3-2-4-10-24/h2-13,18-19,26H,14-17,20-22H2,1H3,(H,31,34). The zero-order valence-electron chi connectivity index (χ0n) is 19.9. The number of hydrogen-bond acceptors (Lipinski definition) is 2. The predicted octanol–water partition coefficient (Wildman–Crippen LogP) is 5.53. The Balaban J connectivity index is 1.23. The van der Waals surface area contributed by atoms with Crippen molar-refractivity contribution >= 4 is 16.8 Å². The summed E-state index contributed by atoms with van der Waals surface area (Å²) in [5, 5.41) is 4.42.